The summed E-state index contributed by atoms with van der Waals surface area (Å²) in [5.41, 5.74) is 2.46. The standard InChI is InChI=1S/C27H21ClN2O4S/c1-16-11-12-18(28)13-23(16)30-24(31)15-35-20-8-4-7-19(14-20)29-26(32)21-9-2-5-17-6-3-10-22(25(17)21)27(33)34/h2-14H,15H2,1H3,(H,29,32)(H,30,31)(H,33,34). The largest absolute Gasteiger partial charge is 0.478 e. The van der Waals surface area contributed by atoms with Crippen LogP contribution in [0.2, 0.25) is 5.02 Å². The Morgan fingerprint density at radius 2 is 1.60 bits per heavy atom. The third-order valence-electron chi connectivity index (χ3n) is 5.32. The summed E-state index contributed by atoms with van der Waals surface area (Å²) in [5.74, 6) is -1.51. The highest BCUT2D eigenvalue weighted by Crippen LogP contribution is 2.26. The number of halogens is 1. The van der Waals surface area contributed by atoms with E-state index in [-0.39, 0.29) is 22.8 Å². The number of rotatable bonds is 7. The summed E-state index contributed by atoms with van der Waals surface area (Å²) >= 11 is 7.34. The van der Waals surface area contributed by atoms with Crippen LogP contribution in [0.4, 0.5) is 11.4 Å². The molecule has 0 fully saturated rings. The highest BCUT2D eigenvalue weighted by atomic mass is 35.5. The third kappa shape index (κ3) is 5.82. The second-order valence-electron chi connectivity index (χ2n) is 7.79. The topological polar surface area (TPSA) is 95.5 Å². The van der Waals surface area contributed by atoms with Crippen LogP contribution < -0.4 is 10.6 Å². The van der Waals surface area contributed by atoms with Gasteiger partial charge in [-0.2, -0.15) is 0 Å². The molecule has 0 atom stereocenters. The Labute approximate surface area is 211 Å². The van der Waals surface area contributed by atoms with Gasteiger partial charge in [0.05, 0.1) is 11.3 Å². The Kier molecular flexibility index (Phi) is 7.39. The van der Waals surface area contributed by atoms with Crippen LogP contribution in [0.1, 0.15) is 26.3 Å². The van der Waals surface area contributed by atoms with Crippen molar-refractivity contribution < 1.29 is 19.5 Å². The first kappa shape index (κ1) is 24.3. The van der Waals surface area contributed by atoms with Crippen molar-refractivity contribution in [1.29, 1.82) is 0 Å². The summed E-state index contributed by atoms with van der Waals surface area (Å²) in [6, 6.07) is 22.4. The maximum Gasteiger partial charge on any atom is 0.336 e. The molecule has 0 aliphatic rings. The number of hydrogen-bond donors (Lipinski definition) is 3. The Balaban J connectivity index is 1.46. The second-order valence-corrected chi connectivity index (χ2v) is 9.28. The van der Waals surface area contributed by atoms with E-state index in [1.165, 1.54) is 17.8 Å². The van der Waals surface area contributed by atoms with Gasteiger partial charge in [-0.3, -0.25) is 9.59 Å². The van der Waals surface area contributed by atoms with Gasteiger partial charge in [0.25, 0.3) is 5.91 Å². The molecular weight excluding hydrogens is 484 g/mol. The number of amides is 2. The summed E-state index contributed by atoms with van der Waals surface area (Å²) in [6.07, 6.45) is 0. The smallest absolute Gasteiger partial charge is 0.336 e. The molecule has 3 N–H and O–H groups in total. The van der Waals surface area contributed by atoms with Gasteiger partial charge >= 0.3 is 5.97 Å². The minimum absolute atomic E-state index is 0.0681. The summed E-state index contributed by atoms with van der Waals surface area (Å²) in [5, 5.41) is 16.9. The van der Waals surface area contributed by atoms with Crippen molar-refractivity contribution in [3.05, 3.63) is 101 Å². The fourth-order valence-electron chi connectivity index (χ4n) is 3.63. The number of benzene rings is 4. The first-order valence-electron chi connectivity index (χ1n) is 10.7. The molecule has 4 aromatic rings. The van der Waals surface area contributed by atoms with Crippen LogP contribution >= 0.6 is 23.4 Å². The molecule has 0 saturated heterocycles. The van der Waals surface area contributed by atoms with Crippen molar-refractivity contribution >= 4 is 63.3 Å². The molecule has 4 rings (SSSR count). The van der Waals surface area contributed by atoms with Gasteiger partial charge in [0, 0.05) is 32.2 Å². The lowest BCUT2D eigenvalue weighted by Gasteiger charge is -2.11. The van der Waals surface area contributed by atoms with E-state index in [0.717, 1.165) is 10.5 Å². The SMILES string of the molecule is Cc1ccc(Cl)cc1NC(=O)CSc1cccc(NC(=O)c2cccc3cccc(C(=O)O)c23)c1. The van der Waals surface area contributed by atoms with Gasteiger partial charge in [-0.1, -0.05) is 48.0 Å². The number of thioether (sulfide) groups is 1. The third-order valence-corrected chi connectivity index (χ3v) is 6.54. The van der Waals surface area contributed by atoms with Crippen LogP contribution in [0.5, 0.6) is 0 Å². The predicted molar refractivity (Wildman–Crippen MR) is 141 cm³/mol. The van der Waals surface area contributed by atoms with E-state index in [2.05, 4.69) is 10.6 Å². The number of anilines is 2. The molecule has 35 heavy (non-hydrogen) atoms. The molecule has 0 aliphatic heterocycles. The van der Waals surface area contributed by atoms with Crippen LogP contribution in [-0.2, 0) is 4.79 Å². The normalized spacial score (nSPS) is 10.7. The Bertz CT molecular complexity index is 1450. The summed E-state index contributed by atoms with van der Waals surface area (Å²) in [7, 11) is 0. The first-order chi connectivity index (χ1) is 16.8. The number of aromatic carboxylic acids is 1. The van der Waals surface area contributed by atoms with Crippen LogP contribution in [0, 0.1) is 6.92 Å². The van der Waals surface area contributed by atoms with Crippen molar-refractivity contribution in [3.63, 3.8) is 0 Å². The first-order valence-corrected chi connectivity index (χ1v) is 12.0. The van der Waals surface area contributed by atoms with E-state index in [1.807, 2.05) is 19.1 Å². The second kappa shape index (κ2) is 10.6. The predicted octanol–water partition coefficient (Wildman–Crippen LogP) is 6.48. The Morgan fingerprint density at radius 3 is 2.34 bits per heavy atom. The highest BCUT2D eigenvalue weighted by Gasteiger charge is 2.17. The van der Waals surface area contributed by atoms with Gasteiger partial charge in [-0.15, -0.1) is 11.8 Å². The van der Waals surface area contributed by atoms with Crippen molar-refractivity contribution in [1.82, 2.24) is 0 Å². The number of aryl methyl sites for hydroxylation is 1. The number of carbonyl (C=O) groups excluding carboxylic acids is 2. The summed E-state index contributed by atoms with van der Waals surface area (Å²) in [6.45, 7) is 1.89. The van der Waals surface area contributed by atoms with Gasteiger partial charge in [0.15, 0.2) is 0 Å². The quantitative estimate of drug-likeness (QED) is 0.250. The monoisotopic (exact) mass is 504 g/mol. The van der Waals surface area contributed by atoms with Crippen molar-refractivity contribution in [3.8, 4) is 0 Å². The highest BCUT2D eigenvalue weighted by molar-refractivity contribution is 8.00. The van der Waals surface area contributed by atoms with Crippen LogP contribution in [-0.4, -0.2) is 28.6 Å². The van der Waals surface area contributed by atoms with E-state index in [0.29, 0.717) is 27.2 Å². The van der Waals surface area contributed by atoms with Gasteiger partial charge in [-0.25, -0.2) is 4.79 Å². The summed E-state index contributed by atoms with van der Waals surface area (Å²) < 4.78 is 0. The molecule has 0 unspecified atom stereocenters. The summed E-state index contributed by atoms with van der Waals surface area (Å²) in [4.78, 5) is 38.0. The lowest BCUT2D eigenvalue weighted by molar-refractivity contribution is -0.113. The van der Waals surface area contributed by atoms with Crippen LogP contribution in [0.15, 0.2) is 83.8 Å². The zero-order valence-corrected chi connectivity index (χ0v) is 20.2. The zero-order chi connectivity index (χ0) is 24.9. The molecule has 0 aliphatic carbocycles. The zero-order valence-electron chi connectivity index (χ0n) is 18.7. The van der Waals surface area contributed by atoms with E-state index in [1.54, 1.807) is 60.7 Å². The van der Waals surface area contributed by atoms with Crippen molar-refractivity contribution in [2.24, 2.45) is 0 Å². The minimum Gasteiger partial charge on any atom is -0.478 e. The number of fused-ring (bicyclic) bond motifs is 1. The van der Waals surface area contributed by atoms with Crippen LogP contribution in [0.3, 0.4) is 0 Å². The van der Waals surface area contributed by atoms with Gasteiger partial charge in [0.2, 0.25) is 5.91 Å². The van der Waals surface area contributed by atoms with Crippen LogP contribution in [0.25, 0.3) is 10.8 Å². The fraction of sp³-hybridized carbons (Fsp3) is 0.0741. The van der Waals surface area contributed by atoms with Crippen molar-refractivity contribution in [2.45, 2.75) is 11.8 Å². The molecular formula is C27H21ClN2O4S. The Hall–Kier alpha value is -3.81. The Morgan fingerprint density at radius 1 is 0.886 bits per heavy atom. The minimum atomic E-state index is -1.10. The van der Waals surface area contributed by atoms with Gasteiger partial charge in [-0.05, 0) is 60.3 Å². The molecule has 6 nitrogen and oxygen atoms in total. The molecule has 0 heterocycles. The van der Waals surface area contributed by atoms with Gasteiger partial charge < -0.3 is 15.7 Å². The van der Waals surface area contributed by atoms with E-state index >= 15 is 0 Å². The number of carbonyl (C=O) groups is 3. The van der Waals surface area contributed by atoms with Crippen molar-refractivity contribution in [2.75, 3.05) is 16.4 Å². The lowest BCUT2D eigenvalue weighted by Crippen LogP contribution is -2.15. The average molecular weight is 505 g/mol. The molecule has 8 heteroatoms. The number of nitrogens with one attached hydrogen (secondary N) is 2. The van der Waals surface area contributed by atoms with E-state index in [4.69, 9.17) is 11.6 Å². The van der Waals surface area contributed by atoms with E-state index in [9.17, 15) is 19.5 Å². The molecule has 0 spiro atoms. The molecule has 4 aromatic carbocycles. The molecule has 176 valence electrons. The average Bonchev–Trinajstić information content (AvgIpc) is 2.84. The van der Waals surface area contributed by atoms with E-state index < -0.39 is 11.9 Å². The molecule has 0 bridgehead atoms. The maximum absolute atomic E-state index is 13.1. The lowest BCUT2D eigenvalue weighted by atomic mass is 9.98. The maximum atomic E-state index is 13.1. The van der Waals surface area contributed by atoms with Gasteiger partial charge in [0.1, 0.15) is 0 Å². The molecule has 2 amide bonds. The molecule has 0 radical (unpaired) electrons. The fourth-order valence-corrected chi connectivity index (χ4v) is 4.56. The molecule has 0 aromatic heterocycles. The number of carboxylic acid groups (broad SMARTS) is 1. The molecule has 0 saturated carbocycles. The number of hydrogen-bond acceptors (Lipinski definition) is 4. The number of carboxylic acids is 1.